The Bertz CT molecular complexity index is 509. The molecule has 0 atom stereocenters. The predicted molar refractivity (Wildman–Crippen MR) is 63.5 cm³/mol. The maximum atomic E-state index is 12.2. The molecular formula is C13H13F3O4. The van der Waals surface area contributed by atoms with Gasteiger partial charge in [-0.2, -0.15) is 0 Å². The predicted octanol–water partition coefficient (Wildman–Crippen LogP) is 2.89. The van der Waals surface area contributed by atoms with Crippen LogP contribution in [0.15, 0.2) is 18.2 Å². The highest BCUT2D eigenvalue weighted by Crippen LogP contribution is 2.28. The number of carbonyl (C=O) groups excluding carboxylic acids is 2. The average molecular weight is 290 g/mol. The zero-order chi connectivity index (χ0) is 15.3. The van der Waals surface area contributed by atoms with E-state index in [0.29, 0.717) is 0 Å². The fourth-order valence-electron chi connectivity index (χ4n) is 1.55. The summed E-state index contributed by atoms with van der Waals surface area (Å²) in [5.41, 5.74) is 0.0537. The van der Waals surface area contributed by atoms with Crippen LogP contribution in [0.5, 0.6) is 5.75 Å². The third-order valence-electron chi connectivity index (χ3n) is 2.24. The van der Waals surface area contributed by atoms with Crippen molar-refractivity contribution in [2.24, 2.45) is 0 Å². The summed E-state index contributed by atoms with van der Waals surface area (Å²) in [5, 5.41) is 0. The molecule has 7 heteroatoms. The van der Waals surface area contributed by atoms with Crippen LogP contribution in [-0.4, -0.2) is 24.7 Å². The van der Waals surface area contributed by atoms with Crippen LogP contribution < -0.4 is 4.74 Å². The van der Waals surface area contributed by atoms with Crippen molar-refractivity contribution in [1.82, 2.24) is 0 Å². The first-order valence-electron chi connectivity index (χ1n) is 5.78. The molecule has 4 nitrogen and oxygen atoms in total. The summed E-state index contributed by atoms with van der Waals surface area (Å²) < 4.78 is 45.3. The van der Waals surface area contributed by atoms with Gasteiger partial charge in [-0.15, -0.1) is 13.2 Å². The largest absolute Gasteiger partial charge is 0.573 e. The second kappa shape index (κ2) is 6.40. The Morgan fingerprint density at radius 2 is 1.90 bits per heavy atom. The fourth-order valence-corrected chi connectivity index (χ4v) is 1.55. The standard InChI is InChI=1S/C13H13F3O4/c1-3-19-12(18)9-4-5-11(20-13(14,15)16)10(7-9)6-8(2)17/h4-5,7H,3,6H2,1-2H3. The van der Waals surface area contributed by atoms with Gasteiger partial charge in [0.1, 0.15) is 11.5 Å². The van der Waals surface area contributed by atoms with Crippen molar-refractivity contribution in [1.29, 1.82) is 0 Å². The SMILES string of the molecule is CCOC(=O)c1ccc(OC(F)(F)F)c(CC(C)=O)c1. The minimum absolute atomic E-state index is 0.0135. The van der Waals surface area contributed by atoms with Crippen molar-refractivity contribution in [3.8, 4) is 5.75 Å². The molecule has 0 unspecified atom stereocenters. The Morgan fingerprint density at radius 3 is 2.40 bits per heavy atom. The van der Waals surface area contributed by atoms with E-state index in [2.05, 4.69) is 4.74 Å². The van der Waals surface area contributed by atoms with Gasteiger partial charge in [0.25, 0.3) is 0 Å². The van der Waals surface area contributed by atoms with Crippen molar-refractivity contribution in [2.75, 3.05) is 6.61 Å². The van der Waals surface area contributed by atoms with Gasteiger partial charge in [-0.05, 0) is 32.0 Å². The number of ketones is 1. The van der Waals surface area contributed by atoms with E-state index < -0.39 is 18.1 Å². The van der Waals surface area contributed by atoms with Gasteiger partial charge in [-0.3, -0.25) is 4.79 Å². The van der Waals surface area contributed by atoms with Gasteiger partial charge in [0.2, 0.25) is 0 Å². The minimum Gasteiger partial charge on any atom is -0.462 e. The van der Waals surface area contributed by atoms with E-state index in [9.17, 15) is 22.8 Å². The van der Waals surface area contributed by atoms with Crippen molar-refractivity contribution in [3.05, 3.63) is 29.3 Å². The van der Waals surface area contributed by atoms with Crippen LogP contribution in [0.2, 0.25) is 0 Å². The van der Waals surface area contributed by atoms with E-state index in [1.807, 2.05) is 0 Å². The van der Waals surface area contributed by atoms with E-state index in [-0.39, 0.29) is 29.9 Å². The molecule has 1 aromatic carbocycles. The number of hydrogen-bond acceptors (Lipinski definition) is 4. The summed E-state index contributed by atoms with van der Waals surface area (Å²) >= 11 is 0. The summed E-state index contributed by atoms with van der Waals surface area (Å²) in [6.45, 7) is 2.98. The number of hydrogen-bond donors (Lipinski definition) is 0. The smallest absolute Gasteiger partial charge is 0.462 e. The number of ether oxygens (including phenoxy) is 2. The second-order valence-electron chi connectivity index (χ2n) is 3.97. The summed E-state index contributed by atoms with van der Waals surface area (Å²) in [6.07, 6.45) is -5.13. The van der Waals surface area contributed by atoms with Crippen LogP contribution in [0, 0.1) is 0 Å². The average Bonchev–Trinajstić information content (AvgIpc) is 2.29. The van der Waals surface area contributed by atoms with Crippen molar-refractivity contribution >= 4 is 11.8 Å². The van der Waals surface area contributed by atoms with Crippen LogP contribution in [0.1, 0.15) is 29.8 Å². The zero-order valence-corrected chi connectivity index (χ0v) is 10.9. The lowest BCUT2D eigenvalue weighted by Crippen LogP contribution is -2.19. The van der Waals surface area contributed by atoms with Gasteiger partial charge in [0.15, 0.2) is 0 Å². The maximum absolute atomic E-state index is 12.2. The Labute approximate surface area is 113 Å². The van der Waals surface area contributed by atoms with Crippen LogP contribution in [0.4, 0.5) is 13.2 Å². The number of carbonyl (C=O) groups is 2. The fraction of sp³-hybridized carbons (Fsp3) is 0.385. The molecule has 0 aliphatic rings. The molecule has 0 aromatic heterocycles. The Balaban J connectivity index is 3.12. The number of rotatable bonds is 5. The molecule has 0 N–H and O–H groups in total. The molecule has 0 aliphatic heterocycles. The highest BCUT2D eigenvalue weighted by Gasteiger charge is 2.32. The molecule has 0 bridgehead atoms. The monoisotopic (exact) mass is 290 g/mol. The molecule has 0 spiro atoms. The molecule has 0 saturated heterocycles. The zero-order valence-electron chi connectivity index (χ0n) is 10.9. The molecule has 0 amide bonds. The van der Waals surface area contributed by atoms with E-state index in [1.54, 1.807) is 6.92 Å². The summed E-state index contributed by atoms with van der Waals surface area (Å²) in [7, 11) is 0. The molecule has 1 rings (SSSR count). The highest BCUT2D eigenvalue weighted by molar-refractivity contribution is 5.90. The van der Waals surface area contributed by atoms with Gasteiger partial charge in [-0.1, -0.05) is 0 Å². The summed E-state index contributed by atoms with van der Waals surface area (Å²) in [5.74, 6) is -1.52. The Kier molecular flexibility index (Phi) is 5.12. The minimum atomic E-state index is -4.86. The maximum Gasteiger partial charge on any atom is 0.573 e. The second-order valence-corrected chi connectivity index (χ2v) is 3.97. The number of halogens is 3. The third-order valence-corrected chi connectivity index (χ3v) is 2.24. The Morgan fingerprint density at radius 1 is 1.25 bits per heavy atom. The van der Waals surface area contributed by atoms with Gasteiger partial charge >= 0.3 is 12.3 Å². The van der Waals surface area contributed by atoms with Crippen LogP contribution in [0.25, 0.3) is 0 Å². The highest BCUT2D eigenvalue weighted by atomic mass is 19.4. The summed E-state index contributed by atoms with van der Waals surface area (Å²) in [4.78, 5) is 22.6. The van der Waals surface area contributed by atoms with Crippen LogP contribution >= 0.6 is 0 Å². The molecule has 0 fully saturated rings. The lowest BCUT2D eigenvalue weighted by atomic mass is 10.0. The third kappa shape index (κ3) is 4.91. The van der Waals surface area contributed by atoms with E-state index in [4.69, 9.17) is 4.74 Å². The van der Waals surface area contributed by atoms with Gasteiger partial charge in [0, 0.05) is 12.0 Å². The van der Waals surface area contributed by atoms with E-state index >= 15 is 0 Å². The first kappa shape index (κ1) is 16.0. The number of alkyl halides is 3. The Hall–Kier alpha value is -2.05. The molecule has 20 heavy (non-hydrogen) atoms. The van der Waals surface area contributed by atoms with E-state index in [1.165, 1.54) is 13.0 Å². The first-order valence-corrected chi connectivity index (χ1v) is 5.78. The lowest BCUT2D eigenvalue weighted by Gasteiger charge is -2.13. The van der Waals surface area contributed by atoms with Crippen LogP contribution in [0.3, 0.4) is 0 Å². The van der Waals surface area contributed by atoms with Crippen molar-refractivity contribution in [2.45, 2.75) is 26.6 Å². The van der Waals surface area contributed by atoms with Crippen molar-refractivity contribution in [3.63, 3.8) is 0 Å². The molecule has 110 valence electrons. The lowest BCUT2D eigenvalue weighted by molar-refractivity contribution is -0.274. The molecule has 0 aliphatic carbocycles. The number of esters is 1. The topological polar surface area (TPSA) is 52.6 Å². The molecular weight excluding hydrogens is 277 g/mol. The van der Waals surface area contributed by atoms with Crippen molar-refractivity contribution < 1.29 is 32.2 Å². The number of Topliss-reactive ketones (excluding diaryl/α,β-unsaturated/α-hetero) is 1. The summed E-state index contributed by atoms with van der Waals surface area (Å²) in [6, 6.07) is 3.32. The molecule has 0 radical (unpaired) electrons. The molecule has 0 heterocycles. The van der Waals surface area contributed by atoms with Gasteiger partial charge < -0.3 is 9.47 Å². The number of benzene rings is 1. The van der Waals surface area contributed by atoms with Gasteiger partial charge in [0.05, 0.1) is 12.2 Å². The first-order chi connectivity index (χ1) is 9.23. The van der Waals surface area contributed by atoms with Gasteiger partial charge in [-0.25, -0.2) is 4.79 Å². The normalized spacial score (nSPS) is 11.1. The van der Waals surface area contributed by atoms with Crippen LogP contribution in [-0.2, 0) is 16.0 Å². The molecule has 0 saturated carbocycles. The van der Waals surface area contributed by atoms with E-state index in [0.717, 1.165) is 12.1 Å². The quantitative estimate of drug-likeness (QED) is 0.782. The molecule has 1 aromatic rings.